The molecule has 1 saturated carbocycles. The molecule has 2 N–H and O–H groups in total. The molecule has 1 unspecified atom stereocenters. The lowest BCUT2D eigenvalue weighted by molar-refractivity contribution is 0.207. The Kier molecular flexibility index (Phi) is 2.53. The topological polar surface area (TPSA) is 32.3 Å². The molecule has 0 bridgehead atoms. The van der Waals surface area contributed by atoms with Crippen molar-refractivity contribution in [3.63, 3.8) is 0 Å². The van der Waals surface area contributed by atoms with E-state index in [0.29, 0.717) is 0 Å². The van der Waals surface area contributed by atoms with Crippen molar-refractivity contribution in [2.45, 2.75) is 25.8 Å². The van der Waals surface area contributed by atoms with E-state index in [-0.39, 0.29) is 18.1 Å². The van der Waals surface area contributed by atoms with Gasteiger partial charge in [0.25, 0.3) is 0 Å². The monoisotopic (exact) mass is 153 g/mol. The van der Waals surface area contributed by atoms with Crippen LogP contribution < -0.4 is 5.32 Å². The van der Waals surface area contributed by atoms with Crippen LogP contribution in [-0.2, 0) is 0 Å². The van der Waals surface area contributed by atoms with Crippen LogP contribution in [0.25, 0.3) is 0 Å². The molecule has 0 amide bonds. The van der Waals surface area contributed by atoms with Crippen molar-refractivity contribution in [2.24, 2.45) is 5.41 Å². The molecule has 62 valence electrons. The summed E-state index contributed by atoms with van der Waals surface area (Å²) in [5.74, 6) is 2.60. The quantitative estimate of drug-likeness (QED) is 0.572. The normalized spacial score (nSPS) is 22.3. The van der Waals surface area contributed by atoms with Crippen LogP contribution in [0.1, 0.15) is 19.8 Å². The molecule has 0 aliphatic heterocycles. The third kappa shape index (κ3) is 2.21. The molecule has 0 radical (unpaired) electrons. The fourth-order valence-corrected chi connectivity index (χ4v) is 0.996. The summed E-state index contributed by atoms with van der Waals surface area (Å²) in [4.78, 5) is 0. The maximum Gasteiger partial charge on any atom is 0.0658 e. The van der Waals surface area contributed by atoms with Crippen LogP contribution in [0.5, 0.6) is 0 Å². The highest BCUT2D eigenvalue weighted by molar-refractivity contribution is 5.00. The van der Waals surface area contributed by atoms with E-state index in [2.05, 4.69) is 11.2 Å². The maximum absolute atomic E-state index is 8.95. The summed E-state index contributed by atoms with van der Waals surface area (Å²) < 4.78 is 0. The second-order valence-electron chi connectivity index (χ2n) is 3.43. The lowest BCUT2D eigenvalue weighted by Gasteiger charge is -2.14. The Morgan fingerprint density at radius 1 is 1.73 bits per heavy atom. The van der Waals surface area contributed by atoms with Crippen LogP contribution in [0, 0.1) is 17.8 Å². The minimum Gasteiger partial charge on any atom is -0.396 e. The van der Waals surface area contributed by atoms with Crippen LogP contribution in [0.15, 0.2) is 0 Å². The van der Waals surface area contributed by atoms with E-state index >= 15 is 0 Å². The van der Waals surface area contributed by atoms with Gasteiger partial charge in [0.15, 0.2) is 0 Å². The van der Waals surface area contributed by atoms with Crippen LogP contribution in [0.4, 0.5) is 0 Å². The van der Waals surface area contributed by atoms with Crippen molar-refractivity contribution in [3.05, 3.63) is 0 Å². The van der Waals surface area contributed by atoms with Gasteiger partial charge in [0.05, 0.1) is 6.04 Å². The lowest BCUT2D eigenvalue weighted by Crippen LogP contribution is -2.32. The Labute approximate surface area is 68.0 Å². The fraction of sp³-hybridized carbons (Fsp3) is 0.778. The van der Waals surface area contributed by atoms with Crippen LogP contribution >= 0.6 is 0 Å². The molecule has 0 aromatic heterocycles. The van der Waals surface area contributed by atoms with E-state index < -0.39 is 0 Å². The molecule has 0 aromatic rings. The Bertz CT molecular complexity index is 167. The molecule has 1 rings (SSSR count). The van der Waals surface area contributed by atoms with E-state index in [1.165, 1.54) is 0 Å². The first-order chi connectivity index (χ1) is 5.22. The van der Waals surface area contributed by atoms with Gasteiger partial charge >= 0.3 is 0 Å². The van der Waals surface area contributed by atoms with Crippen molar-refractivity contribution < 1.29 is 5.11 Å². The first kappa shape index (κ1) is 8.58. The minimum absolute atomic E-state index is 0.124. The number of hydrogen-bond acceptors (Lipinski definition) is 2. The molecule has 2 heteroatoms. The summed E-state index contributed by atoms with van der Waals surface area (Å²) in [5, 5.41) is 12.1. The van der Waals surface area contributed by atoms with Crippen molar-refractivity contribution in [1.29, 1.82) is 0 Å². The molecule has 1 aliphatic rings. The molecular weight excluding hydrogens is 138 g/mol. The van der Waals surface area contributed by atoms with Crippen LogP contribution in [-0.4, -0.2) is 24.3 Å². The molecule has 1 atom stereocenters. The second kappa shape index (κ2) is 3.25. The third-order valence-corrected chi connectivity index (χ3v) is 2.33. The third-order valence-electron chi connectivity index (χ3n) is 2.33. The molecule has 0 aromatic carbocycles. The smallest absolute Gasteiger partial charge is 0.0658 e. The number of aliphatic hydroxyl groups excluding tert-OH is 1. The molecule has 1 fully saturated rings. The molecule has 11 heavy (non-hydrogen) atoms. The number of aliphatic hydroxyl groups is 1. The number of rotatable bonds is 4. The number of terminal acetylenes is 1. The molecule has 0 saturated heterocycles. The predicted molar refractivity (Wildman–Crippen MR) is 45.1 cm³/mol. The van der Waals surface area contributed by atoms with E-state index in [9.17, 15) is 0 Å². The van der Waals surface area contributed by atoms with Gasteiger partial charge < -0.3 is 10.4 Å². The zero-order valence-corrected chi connectivity index (χ0v) is 6.93. The zero-order valence-electron chi connectivity index (χ0n) is 6.93. The highest BCUT2D eigenvalue weighted by atomic mass is 16.3. The summed E-state index contributed by atoms with van der Waals surface area (Å²) in [5.41, 5.74) is 0.172. The average molecular weight is 153 g/mol. The molecule has 2 nitrogen and oxygen atoms in total. The van der Waals surface area contributed by atoms with E-state index in [1.54, 1.807) is 0 Å². The van der Waals surface area contributed by atoms with Crippen molar-refractivity contribution in [2.75, 3.05) is 13.2 Å². The Hall–Kier alpha value is -0.520. The van der Waals surface area contributed by atoms with Gasteiger partial charge in [-0.25, -0.2) is 0 Å². The van der Waals surface area contributed by atoms with Gasteiger partial charge in [0.2, 0.25) is 0 Å². The largest absolute Gasteiger partial charge is 0.396 e. The van der Waals surface area contributed by atoms with Crippen LogP contribution in [0.3, 0.4) is 0 Å². The van der Waals surface area contributed by atoms with Gasteiger partial charge in [-0.2, -0.15) is 0 Å². The summed E-state index contributed by atoms with van der Waals surface area (Å²) in [6, 6.07) is 0.124. The predicted octanol–water partition coefficient (Wildman–Crippen LogP) is 0.370. The Morgan fingerprint density at radius 3 is 2.73 bits per heavy atom. The standard InChI is InChI=1S/C9H15NO/c1-3-8(2)10-6-9(7-11)4-5-9/h1,8,10-11H,4-7H2,2H3. The van der Waals surface area contributed by atoms with Gasteiger partial charge in [-0.3, -0.25) is 0 Å². The SMILES string of the molecule is C#CC(C)NCC1(CO)CC1. The molecule has 0 spiro atoms. The number of nitrogens with one attached hydrogen (secondary N) is 1. The van der Waals surface area contributed by atoms with Gasteiger partial charge in [-0.15, -0.1) is 6.42 Å². The minimum atomic E-state index is 0.124. The van der Waals surface area contributed by atoms with E-state index in [4.69, 9.17) is 11.5 Å². The maximum atomic E-state index is 8.95. The van der Waals surface area contributed by atoms with Gasteiger partial charge in [-0.05, 0) is 19.8 Å². The second-order valence-corrected chi connectivity index (χ2v) is 3.43. The summed E-state index contributed by atoms with van der Waals surface area (Å²) >= 11 is 0. The lowest BCUT2D eigenvalue weighted by atomic mass is 10.1. The Balaban J connectivity index is 2.18. The highest BCUT2D eigenvalue weighted by Crippen LogP contribution is 2.44. The summed E-state index contributed by atoms with van der Waals surface area (Å²) in [6.45, 7) is 3.10. The first-order valence-corrected chi connectivity index (χ1v) is 4.03. The van der Waals surface area contributed by atoms with E-state index in [1.807, 2.05) is 6.92 Å². The molecule has 1 aliphatic carbocycles. The Morgan fingerprint density at radius 2 is 2.36 bits per heavy atom. The van der Waals surface area contributed by atoms with Crippen molar-refractivity contribution in [3.8, 4) is 12.3 Å². The average Bonchev–Trinajstić information content (AvgIpc) is 2.81. The van der Waals surface area contributed by atoms with E-state index in [0.717, 1.165) is 19.4 Å². The first-order valence-electron chi connectivity index (χ1n) is 4.03. The highest BCUT2D eigenvalue weighted by Gasteiger charge is 2.41. The van der Waals surface area contributed by atoms with Crippen molar-refractivity contribution >= 4 is 0 Å². The van der Waals surface area contributed by atoms with Crippen molar-refractivity contribution in [1.82, 2.24) is 5.32 Å². The molecular formula is C9H15NO. The summed E-state index contributed by atoms with van der Waals surface area (Å²) in [6.07, 6.45) is 7.45. The summed E-state index contributed by atoms with van der Waals surface area (Å²) in [7, 11) is 0. The fourth-order valence-electron chi connectivity index (χ4n) is 0.996. The van der Waals surface area contributed by atoms with Crippen LogP contribution in [0.2, 0.25) is 0 Å². The number of hydrogen-bond donors (Lipinski definition) is 2. The zero-order chi connectivity index (χ0) is 8.32. The van der Waals surface area contributed by atoms with Gasteiger partial charge in [0.1, 0.15) is 0 Å². The van der Waals surface area contributed by atoms with Gasteiger partial charge in [0, 0.05) is 18.6 Å². The molecule has 0 heterocycles. The van der Waals surface area contributed by atoms with Gasteiger partial charge in [-0.1, -0.05) is 5.92 Å².